The van der Waals surface area contributed by atoms with Crippen LogP contribution < -0.4 is 15.8 Å². The summed E-state index contributed by atoms with van der Waals surface area (Å²) >= 11 is 0. The number of rotatable bonds is 5. The summed E-state index contributed by atoms with van der Waals surface area (Å²) in [6.07, 6.45) is 0. The molecule has 0 heterocycles. The van der Waals surface area contributed by atoms with E-state index < -0.39 is 10.0 Å². The Bertz CT molecular complexity index is 603. The first kappa shape index (κ1) is 17.3. The summed E-state index contributed by atoms with van der Waals surface area (Å²) in [4.78, 5) is 12.9. The summed E-state index contributed by atoms with van der Waals surface area (Å²) in [6.45, 7) is 3.73. The third-order valence-electron chi connectivity index (χ3n) is 2.85. The fourth-order valence-electron chi connectivity index (χ4n) is 1.99. The number of nitrogens with one attached hydrogen (secondary N) is 2. The van der Waals surface area contributed by atoms with Crippen LogP contribution in [0, 0.1) is 13.8 Å². The average Bonchev–Trinajstić information content (AvgIpc) is 2.32. The molecule has 8 heteroatoms. The number of hydrogen-bond donors (Lipinski definition) is 3. The number of aryl methyl sites for hydroxylation is 2. The van der Waals surface area contributed by atoms with E-state index in [0.717, 1.165) is 0 Å². The van der Waals surface area contributed by atoms with Crippen LogP contribution in [-0.4, -0.2) is 46.5 Å². The molecule has 1 rings (SSSR count). The second-order valence-electron chi connectivity index (χ2n) is 5.01. The summed E-state index contributed by atoms with van der Waals surface area (Å²) in [5, 5.41) is 2.58. The van der Waals surface area contributed by atoms with Crippen molar-refractivity contribution in [3.63, 3.8) is 0 Å². The van der Waals surface area contributed by atoms with E-state index in [0.29, 0.717) is 16.8 Å². The molecule has 0 aromatic heterocycles. The number of carbonyl (C=O) groups excluding carboxylic acids is 1. The molecule has 0 fully saturated rings. The van der Waals surface area contributed by atoms with Crippen molar-refractivity contribution in [3.05, 3.63) is 23.3 Å². The standard InChI is InChI=1S/C13H22N4O3S/c1-9-7-11(14)8-10(2)12(9)21(19,20)16-6-5-15-13(18)17(3)4/h7-8,16H,5-6,14H2,1-4H3,(H,15,18). The van der Waals surface area contributed by atoms with E-state index in [1.54, 1.807) is 40.1 Å². The zero-order valence-electron chi connectivity index (χ0n) is 12.7. The maximum Gasteiger partial charge on any atom is 0.316 e. The molecule has 2 amide bonds. The van der Waals surface area contributed by atoms with Gasteiger partial charge in [0.1, 0.15) is 0 Å². The summed E-state index contributed by atoms with van der Waals surface area (Å²) in [5.74, 6) is 0. The minimum atomic E-state index is -3.63. The molecule has 0 bridgehead atoms. The first-order chi connectivity index (χ1) is 9.65. The highest BCUT2D eigenvalue weighted by Crippen LogP contribution is 2.22. The summed E-state index contributed by atoms with van der Waals surface area (Å²) < 4.78 is 27.0. The number of nitrogens with two attached hydrogens (primary N) is 1. The van der Waals surface area contributed by atoms with Crippen LogP contribution in [0.5, 0.6) is 0 Å². The van der Waals surface area contributed by atoms with Crippen molar-refractivity contribution in [2.45, 2.75) is 18.7 Å². The number of benzene rings is 1. The van der Waals surface area contributed by atoms with Crippen molar-refractivity contribution in [1.82, 2.24) is 14.9 Å². The van der Waals surface area contributed by atoms with E-state index in [1.165, 1.54) is 4.90 Å². The molecule has 0 aliphatic carbocycles. The lowest BCUT2D eigenvalue weighted by Crippen LogP contribution is -2.39. The molecule has 0 saturated carbocycles. The van der Waals surface area contributed by atoms with E-state index in [2.05, 4.69) is 10.0 Å². The van der Waals surface area contributed by atoms with Crippen molar-refractivity contribution < 1.29 is 13.2 Å². The van der Waals surface area contributed by atoms with Gasteiger partial charge < -0.3 is 16.0 Å². The monoisotopic (exact) mass is 314 g/mol. The first-order valence-electron chi connectivity index (χ1n) is 6.46. The molecule has 0 spiro atoms. The number of nitrogens with zero attached hydrogens (tertiary/aromatic N) is 1. The maximum atomic E-state index is 12.3. The van der Waals surface area contributed by atoms with Gasteiger partial charge in [0.15, 0.2) is 0 Å². The number of anilines is 1. The number of amides is 2. The molecule has 0 atom stereocenters. The van der Waals surface area contributed by atoms with Crippen LogP contribution in [0.25, 0.3) is 0 Å². The van der Waals surface area contributed by atoms with Crippen LogP contribution in [0.3, 0.4) is 0 Å². The lowest BCUT2D eigenvalue weighted by Gasteiger charge is -2.14. The van der Waals surface area contributed by atoms with Crippen LogP contribution in [-0.2, 0) is 10.0 Å². The fourth-order valence-corrected chi connectivity index (χ4v) is 3.47. The minimum Gasteiger partial charge on any atom is -0.399 e. The van der Waals surface area contributed by atoms with Gasteiger partial charge in [-0.2, -0.15) is 0 Å². The molecule has 0 saturated heterocycles. The van der Waals surface area contributed by atoms with Crippen LogP contribution in [0.2, 0.25) is 0 Å². The van der Waals surface area contributed by atoms with Gasteiger partial charge in [-0.25, -0.2) is 17.9 Å². The molecule has 1 aromatic rings. The molecule has 0 unspecified atom stereocenters. The lowest BCUT2D eigenvalue weighted by atomic mass is 10.1. The highest BCUT2D eigenvalue weighted by Gasteiger charge is 2.19. The van der Waals surface area contributed by atoms with Gasteiger partial charge in [0.2, 0.25) is 10.0 Å². The number of sulfonamides is 1. The third-order valence-corrected chi connectivity index (χ3v) is 4.62. The molecule has 0 radical (unpaired) electrons. The maximum absolute atomic E-state index is 12.3. The second-order valence-corrected chi connectivity index (χ2v) is 6.71. The Kier molecular flexibility index (Phi) is 5.56. The van der Waals surface area contributed by atoms with E-state index in [9.17, 15) is 13.2 Å². The molecule has 0 aliphatic heterocycles. The van der Waals surface area contributed by atoms with E-state index in [4.69, 9.17) is 5.73 Å². The quantitative estimate of drug-likeness (QED) is 0.541. The highest BCUT2D eigenvalue weighted by atomic mass is 32.2. The first-order valence-corrected chi connectivity index (χ1v) is 7.95. The van der Waals surface area contributed by atoms with Gasteiger partial charge >= 0.3 is 6.03 Å². The van der Waals surface area contributed by atoms with Gasteiger partial charge in [-0.15, -0.1) is 0 Å². The summed E-state index contributed by atoms with van der Waals surface area (Å²) in [5.41, 5.74) is 7.41. The van der Waals surface area contributed by atoms with E-state index >= 15 is 0 Å². The fraction of sp³-hybridized carbons (Fsp3) is 0.462. The van der Waals surface area contributed by atoms with Crippen molar-refractivity contribution >= 4 is 21.7 Å². The molecule has 118 valence electrons. The van der Waals surface area contributed by atoms with Crippen molar-refractivity contribution in [2.75, 3.05) is 32.9 Å². The number of nitrogen functional groups attached to an aromatic ring is 1. The van der Waals surface area contributed by atoms with Crippen molar-refractivity contribution in [1.29, 1.82) is 0 Å². The molecular weight excluding hydrogens is 292 g/mol. The number of urea groups is 1. The zero-order chi connectivity index (χ0) is 16.2. The smallest absolute Gasteiger partial charge is 0.316 e. The zero-order valence-corrected chi connectivity index (χ0v) is 13.5. The molecule has 7 nitrogen and oxygen atoms in total. The molecule has 21 heavy (non-hydrogen) atoms. The Balaban J connectivity index is 2.73. The highest BCUT2D eigenvalue weighted by molar-refractivity contribution is 7.89. The van der Waals surface area contributed by atoms with Crippen LogP contribution in [0.15, 0.2) is 17.0 Å². The van der Waals surface area contributed by atoms with Crippen molar-refractivity contribution in [3.8, 4) is 0 Å². The summed E-state index contributed by atoms with van der Waals surface area (Å²) in [6, 6.07) is 2.97. The molecule has 1 aromatic carbocycles. The average molecular weight is 314 g/mol. The van der Waals surface area contributed by atoms with E-state index in [1.807, 2.05) is 0 Å². The Morgan fingerprint density at radius 2 is 1.71 bits per heavy atom. The van der Waals surface area contributed by atoms with Crippen LogP contribution in [0.1, 0.15) is 11.1 Å². The van der Waals surface area contributed by atoms with Gasteiger partial charge in [-0.05, 0) is 37.1 Å². The van der Waals surface area contributed by atoms with Gasteiger partial charge in [-0.1, -0.05) is 0 Å². The normalized spacial score (nSPS) is 11.2. The van der Waals surface area contributed by atoms with Crippen molar-refractivity contribution in [2.24, 2.45) is 0 Å². The second kappa shape index (κ2) is 6.77. The molecule has 0 aliphatic rings. The molecular formula is C13H22N4O3S. The third kappa shape index (κ3) is 4.61. The largest absolute Gasteiger partial charge is 0.399 e. The predicted molar refractivity (Wildman–Crippen MR) is 82.6 cm³/mol. The Labute approximate surface area is 125 Å². The Morgan fingerprint density at radius 3 is 2.19 bits per heavy atom. The molecule has 4 N–H and O–H groups in total. The topological polar surface area (TPSA) is 105 Å². The number of carbonyl (C=O) groups is 1. The number of hydrogen-bond acceptors (Lipinski definition) is 4. The minimum absolute atomic E-state index is 0.116. The van der Waals surface area contributed by atoms with Crippen LogP contribution >= 0.6 is 0 Å². The van der Waals surface area contributed by atoms with E-state index in [-0.39, 0.29) is 24.0 Å². The SMILES string of the molecule is Cc1cc(N)cc(C)c1S(=O)(=O)NCCNC(=O)N(C)C. The van der Waals surface area contributed by atoms with Gasteiger partial charge in [0, 0.05) is 32.9 Å². The Hall–Kier alpha value is -1.80. The van der Waals surface area contributed by atoms with Gasteiger partial charge in [-0.3, -0.25) is 0 Å². The predicted octanol–water partition coefficient (Wildman–Crippen LogP) is 0.435. The van der Waals surface area contributed by atoms with Gasteiger partial charge in [0.05, 0.1) is 4.90 Å². The van der Waals surface area contributed by atoms with Crippen LogP contribution in [0.4, 0.5) is 10.5 Å². The Morgan fingerprint density at radius 1 is 1.19 bits per heavy atom. The lowest BCUT2D eigenvalue weighted by molar-refractivity contribution is 0.217. The summed E-state index contributed by atoms with van der Waals surface area (Å²) in [7, 11) is -0.404. The van der Waals surface area contributed by atoms with Gasteiger partial charge in [0.25, 0.3) is 0 Å².